The summed E-state index contributed by atoms with van der Waals surface area (Å²) in [6, 6.07) is 0.353. The van der Waals surface area contributed by atoms with Gasteiger partial charge in [-0.1, -0.05) is 25.7 Å². The number of unbranched alkanes of at least 4 members (excludes halogenated alkanes) is 1. The van der Waals surface area contributed by atoms with E-state index in [-0.39, 0.29) is 11.3 Å². The molecule has 1 aliphatic heterocycles. The lowest BCUT2D eigenvalue weighted by Gasteiger charge is -2.52. The molecule has 1 atom stereocenters. The molecule has 0 bridgehead atoms. The van der Waals surface area contributed by atoms with Gasteiger partial charge in [0, 0.05) is 6.04 Å². The maximum absolute atomic E-state index is 11.7. The molecule has 1 heterocycles. The molecule has 14 heavy (non-hydrogen) atoms. The quantitative estimate of drug-likeness (QED) is 0.494. The van der Waals surface area contributed by atoms with E-state index in [9.17, 15) is 4.79 Å². The largest absolute Gasteiger partial charge is 0.327 e. The van der Waals surface area contributed by atoms with Crippen molar-refractivity contribution < 1.29 is 4.79 Å². The summed E-state index contributed by atoms with van der Waals surface area (Å²) in [5.74, 6) is 2.75. The van der Waals surface area contributed by atoms with Gasteiger partial charge in [0.1, 0.15) is 0 Å². The second-order valence-corrected chi connectivity index (χ2v) is 4.52. The zero-order valence-corrected chi connectivity index (χ0v) is 9.34. The van der Waals surface area contributed by atoms with Gasteiger partial charge in [-0.3, -0.25) is 4.79 Å². The Bertz CT molecular complexity index is 262. The first-order chi connectivity index (χ1) is 6.55. The molecule has 78 valence electrons. The predicted octanol–water partition coefficient (Wildman–Crippen LogP) is 2.05. The normalized spacial score (nSPS) is 24.3. The fourth-order valence-corrected chi connectivity index (χ4v) is 2.17. The lowest BCUT2D eigenvalue weighted by molar-refractivity contribution is -0.167. The highest BCUT2D eigenvalue weighted by Crippen LogP contribution is 2.40. The summed E-state index contributed by atoms with van der Waals surface area (Å²) < 4.78 is 0. The molecule has 0 aromatic rings. The van der Waals surface area contributed by atoms with Crippen LogP contribution < -0.4 is 0 Å². The summed E-state index contributed by atoms with van der Waals surface area (Å²) in [6.07, 6.45) is 8.66. The van der Waals surface area contributed by atoms with Crippen LogP contribution in [-0.4, -0.2) is 23.4 Å². The minimum absolute atomic E-state index is 0.188. The van der Waals surface area contributed by atoms with E-state index in [0.717, 1.165) is 6.42 Å². The Kier molecular flexibility index (Phi) is 3.21. The van der Waals surface area contributed by atoms with Crippen LogP contribution in [0, 0.1) is 17.8 Å². The average molecular weight is 193 g/mol. The van der Waals surface area contributed by atoms with Gasteiger partial charge in [0.15, 0.2) is 0 Å². The molecule has 1 fully saturated rings. The molecule has 1 unspecified atom stereocenters. The molecule has 2 nitrogen and oxygen atoms in total. The molecule has 0 aromatic carbocycles. The predicted molar refractivity (Wildman–Crippen MR) is 57.6 cm³/mol. The summed E-state index contributed by atoms with van der Waals surface area (Å²) in [4.78, 5) is 13.5. The van der Waals surface area contributed by atoms with Crippen molar-refractivity contribution in [1.29, 1.82) is 0 Å². The molecule has 0 aliphatic carbocycles. The number of hydrogen-bond donors (Lipinski definition) is 0. The van der Waals surface area contributed by atoms with Crippen LogP contribution in [0.2, 0.25) is 0 Å². The third-order valence-corrected chi connectivity index (χ3v) is 3.11. The van der Waals surface area contributed by atoms with Gasteiger partial charge < -0.3 is 4.90 Å². The summed E-state index contributed by atoms with van der Waals surface area (Å²) in [5, 5.41) is 0. The van der Waals surface area contributed by atoms with Crippen molar-refractivity contribution >= 4 is 5.91 Å². The molecule has 1 amide bonds. The number of nitrogens with zero attached hydrogens (tertiary/aromatic N) is 1. The first-order valence-electron chi connectivity index (χ1n) is 5.30. The van der Waals surface area contributed by atoms with E-state index in [0.29, 0.717) is 12.6 Å². The molecule has 0 spiro atoms. The van der Waals surface area contributed by atoms with Gasteiger partial charge in [0.05, 0.1) is 12.0 Å². The Hall–Kier alpha value is -0.970. The van der Waals surface area contributed by atoms with E-state index < -0.39 is 0 Å². The van der Waals surface area contributed by atoms with Crippen molar-refractivity contribution in [2.45, 2.75) is 46.1 Å². The lowest BCUT2D eigenvalue weighted by atomic mass is 9.72. The standard InChI is InChI=1S/C12H19NO/c1-5-7-8-10-12(3,4)11(14)13(10)9-6-2/h2,10H,5,7-9H2,1,3-4H3. The van der Waals surface area contributed by atoms with Gasteiger partial charge in [-0.2, -0.15) is 0 Å². The number of hydrogen-bond acceptors (Lipinski definition) is 1. The van der Waals surface area contributed by atoms with Crippen molar-refractivity contribution in [3.05, 3.63) is 0 Å². The Balaban J connectivity index is 2.60. The molecule has 0 aromatic heterocycles. The SMILES string of the molecule is C#CCN1C(=O)C(C)(C)C1CCCC. The highest BCUT2D eigenvalue weighted by Gasteiger charge is 2.52. The molecule has 0 N–H and O–H groups in total. The first kappa shape index (κ1) is 11.1. The van der Waals surface area contributed by atoms with E-state index in [1.807, 2.05) is 18.7 Å². The highest BCUT2D eigenvalue weighted by molar-refractivity contribution is 5.89. The number of rotatable bonds is 4. The van der Waals surface area contributed by atoms with Crippen molar-refractivity contribution in [2.24, 2.45) is 5.41 Å². The Labute approximate surface area is 86.7 Å². The minimum atomic E-state index is -0.188. The molecule has 0 saturated carbocycles. The number of β-lactam (4-membered cyclic amide) rings is 1. The molecular weight excluding hydrogens is 174 g/mol. The summed E-state index contributed by atoms with van der Waals surface area (Å²) >= 11 is 0. The van der Waals surface area contributed by atoms with Gasteiger partial charge in [-0.15, -0.1) is 6.42 Å². The van der Waals surface area contributed by atoms with Gasteiger partial charge in [-0.25, -0.2) is 0 Å². The van der Waals surface area contributed by atoms with Crippen LogP contribution in [0.15, 0.2) is 0 Å². The van der Waals surface area contributed by atoms with Crippen LogP contribution in [0.5, 0.6) is 0 Å². The number of likely N-dealkylation sites (tertiary alicyclic amines) is 1. The third kappa shape index (κ3) is 1.64. The lowest BCUT2D eigenvalue weighted by Crippen LogP contribution is -2.66. The van der Waals surface area contributed by atoms with Crippen LogP contribution in [0.4, 0.5) is 0 Å². The van der Waals surface area contributed by atoms with Gasteiger partial charge in [0.2, 0.25) is 5.91 Å². The van der Waals surface area contributed by atoms with Gasteiger partial charge in [0.25, 0.3) is 0 Å². The Morgan fingerprint density at radius 2 is 2.21 bits per heavy atom. The number of carbonyl (C=O) groups excluding carboxylic acids is 1. The van der Waals surface area contributed by atoms with Gasteiger partial charge in [-0.05, 0) is 20.3 Å². The van der Waals surface area contributed by atoms with Crippen molar-refractivity contribution in [3.8, 4) is 12.3 Å². The van der Waals surface area contributed by atoms with Crippen LogP contribution >= 0.6 is 0 Å². The Morgan fingerprint density at radius 3 is 2.71 bits per heavy atom. The second-order valence-electron chi connectivity index (χ2n) is 4.52. The average Bonchev–Trinajstić information content (AvgIpc) is 2.16. The van der Waals surface area contributed by atoms with Crippen molar-refractivity contribution in [1.82, 2.24) is 4.90 Å². The first-order valence-corrected chi connectivity index (χ1v) is 5.30. The van der Waals surface area contributed by atoms with Crippen LogP contribution in [0.25, 0.3) is 0 Å². The molecule has 0 radical (unpaired) electrons. The summed E-state index contributed by atoms with van der Waals surface area (Å²) in [7, 11) is 0. The van der Waals surface area contributed by atoms with E-state index in [2.05, 4.69) is 12.8 Å². The number of carbonyl (C=O) groups is 1. The zero-order valence-electron chi connectivity index (χ0n) is 9.34. The van der Waals surface area contributed by atoms with Gasteiger partial charge >= 0.3 is 0 Å². The zero-order chi connectivity index (χ0) is 10.8. The molecule has 1 aliphatic rings. The minimum Gasteiger partial charge on any atom is -0.327 e. The summed E-state index contributed by atoms with van der Waals surface area (Å²) in [6.45, 7) is 6.67. The van der Waals surface area contributed by atoms with E-state index >= 15 is 0 Å². The van der Waals surface area contributed by atoms with Crippen LogP contribution in [0.1, 0.15) is 40.0 Å². The molecule has 1 rings (SSSR count). The molecule has 1 saturated heterocycles. The maximum atomic E-state index is 11.7. The smallest absolute Gasteiger partial charge is 0.231 e. The molecular formula is C12H19NO. The van der Waals surface area contributed by atoms with Crippen LogP contribution in [-0.2, 0) is 4.79 Å². The third-order valence-electron chi connectivity index (χ3n) is 3.11. The van der Waals surface area contributed by atoms with E-state index in [4.69, 9.17) is 6.42 Å². The van der Waals surface area contributed by atoms with Crippen LogP contribution in [0.3, 0.4) is 0 Å². The fraction of sp³-hybridized carbons (Fsp3) is 0.750. The number of terminal acetylenes is 1. The van der Waals surface area contributed by atoms with E-state index in [1.54, 1.807) is 0 Å². The Morgan fingerprint density at radius 1 is 1.57 bits per heavy atom. The van der Waals surface area contributed by atoms with Crippen molar-refractivity contribution in [3.63, 3.8) is 0 Å². The fourth-order valence-electron chi connectivity index (χ4n) is 2.17. The highest BCUT2D eigenvalue weighted by atomic mass is 16.2. The second kappa shape index (κ2) is 4.04. The van der Waals surface area contributed by atoms with Crippen molar-refractivity contribution in [2.75, 3.05) is 6.54 Å². The van der Waals surface area contributed by atoms with E-state index in [1.165, 1.54) is 12.8 Å². The number of amides is 1. The topological polar surface area (TPSA) is 20.3 Å². The molecule has 2 heteroatoms. The summed E-state index contributed by atoms with van der Waals surface area (Å²) in [5.41, 5.74) is -0.188. The maximum Gasteiger partial charge on any atom is 0.231 e. The monoisotopic (exact) mass is 193 g/mol.